The Morgan fingerprint density at radius 2 is 1.83 bits per heavy atom. The van der Waals surface area contributed by atoms with Gasteiger partial charge in [0, 0.05) is 0 Å². The minimum absolute atomic E-state index is 0. The van der Waals surface area contributed by atoms with Gasteiger partial charge in [0.05, 0.1) is 5.04 Å². The highest BCUT2D eigenvalue weighted by molar-refractivity contribution is 8.13. The normalized spacial score (nSPS) is 6.33. The van der Waals surface area contributed by atoms with Crippen LogP contribution in [0.1, 0.15) is 6.92 Å². The van der Waals surface area contributed by atoms with E-state index in [-0.39, 0.29) is 12.4 Å². The van der Waals surface area contributed by atoms with Crippen LogP contribution in [-0.4, -0.2) is 11.3 Å². The Labute approximate surface area is 48.4 Å². The molecule has 0 aromatic heterocycles. The van der Waals surface area contributed by atoms with E-state index >= 15 is 0 Å². The van der Waals surface area contributed by atoms with Crippen LogP contribution in [0.2, 0.25) is 0 Å². The van der Waals surface area contributed by atoms with Crippen molar-refractivity contribution < 1.29 is 0 Å². The largest absolute Gasteiger partial charge is 0.299 e. The van der Waals surface area contributed by atoms with Crippen molar-refractivity contribution in [2.75, 3.05) is 6.26 Å². The Hall–Kier alpha value is 0.310. The van der Waals surface area contributed by atoms with Crippen LogP contribution in [0, 0.1) is 5.41 Å². The van der Waals surface area contributed by atoms with Gasteiger partial charge in [-0.25, -0.2) is 0 Å². The van der Waals surface area contributed by atoms with Crippen molar-refractivity contribution in [3.8, 4) is 0 Å². The lowest BCUT2D eigenvalue weighted by molar-refractivity contribution is 1.54. The molecule has 0 aromatic carbocycles. The molecule has 0 saturated carbocycles. The molecular weight excluding hydrogens is 118 g/mol. The molecule has 0 atom stereocenters. The smallest absolute Gasteiger partial charge is 0.0607 e. The molecule has 1 N–H and O–H groups in total. The van der Waals surface area contributed by atoms with Crippen LogP contribution >= 0.6 is 24.2 Å². The molecule has 0 heterocycles. The zero-order chi connectivity index (χ0) is 4.28. The van der Waals surface area contributed by atoms with E-state index in [1.54, 1.807) is 6.92 Å². The number of hydrogen-bond acceptors (Lipinski definition) is 2. The molecule has 0 bridgehead atoms. The maximum absolute atomic E-state index is 6.71. The third-order valence-corrected chi connectivity index (χ3v) is 0.919. The minimum Gasteiger partial charge on any atom is -0.299 e. The van der Waals surface area contributed by atoms with Crippen molar-refractivity contribution in [1.82, 2.24) is 0 Å². The molecule has 0 aromatic rings. The molecule has 1 nitrogen and oxygen atoms in total. The van der Waals surface area contributed by atoms with E-state index in [1.165, 1.54) is 11.8 Å². The monoisotopic (exact) mass is 125 g/mol. The van der Waals surface area contributed by atoms with Gasteiger partial charge >= 0.3 is 0 Å². The summed E-state index contributed by atoms with van der Waals surface area (Å²) in [6.07, 6.45) is 1.89. The van der Waals surface area contributed by atoms with Gasteiger partial charge in [0.2, 0.25) is 0 Å². The zero-order valence-corrected chi connectivity index (χ0v) is 5.45. The van der Waals surface area contributed by atoms with Gasteiger partial charge in [-0.3, -0.25) is 5.41 Å². The van der Waals surface area contributed by atoms with Gasteiger partial charge in [0.25, 0.3) is 0 Å². The van der Waals surface area contributed by atoms with E-state index in [9.17, 15) is 0 Å². The van der Waals surface area contributed by atoms with Crippen LogP contribution in [0.3, 0.4) is 0 Å². The SMILES string of the molecule is CSC(C)=N.Cl. The van der Waals surface area contributed by atoms with Crippen molar-refractivity contribution in [2.24, 2.45) is 0 Å². The van der Waals surface area contributed by atoms with Crippen molar-refractivity contribution in [2.45, 2.75) is 6.92 Å². The Morgan fingerprint density at radius 3 is 1.83 bits per heavy atom. The van der Waals surface area contributed by atoms with Gasteiger partial charge in [-0.1, -0.05) is 0 Å². The van der Waals surface area contributed by atoms with Crippen LogP contribution in [0.15, 0.2) is 0 Å². The second-order valence-electron chi connectivity index (χ2n) is 0.760. The van der Waals surface area contributed by atoms with E-state index in [0.717, 1.165) is 0 Å². The summed E-state index contributed by atoms with van der Waals surface area (Å²) in [5.74, 6) is 0. The third kappa shape index (κ3) is 8.85. The first-order chi connectivity index (χ1) is 2.27. The van der Waals surface area contributed by atoms with Crippen LogP contribution in [0.4, 0.5) is 0 Å². The second-order valence-corrected chi connectivity index (χ2v) is 1.78. The fourth-order valence-corrected chi connectivity index (χ4v) is 0. The van der Waals surface area contributed by atoms with Gasteiger partial charge in [0.1, 0.15) is 0 Å². The molecule has 0 saturated heterocycles. The summed E-state index contributed by atoms with van der Waals surface area (Å²) in [5, 5.41) is 7.38. The number of thioether (sulfide) groups is 1. The molecule has 6 heavy (non-hydrogen) atoms. The Bertz CT molecular complexity index is 46.1. The lowest BCUT2D eigenvalue weighted by Gasteiger charge is -1.77. The lowest BCUT2D eigenvalue weighted by Crippen LogP contribution is -1.70. The van der Waals surface area contributed by atoms with Crippen molar-refractivity contribution in [3.63, 3.8) is 0 Å². The lowest BCUT2D eigenvalue weighted by atomic mass is 10.9. The molecule has 0 aliphatic rings. The van der Waals surface area contributed by atoms with Crippen molar-refractivity contribution >= 4 is 29.2 Å². The summed E-state index contributed by atoms with van der Waals surface area (Å²) >= 11 is 1.46. The summed E-state index contributed by atoms with van der Waals surface area (Å²) in [6.45, 7) is 1.77. The first-order valence-corrected chi connectivity index (χ1v) is 2.59. The van der Waals surface area contributed by atoms with E-state index in [1.807, 2.05) is 6.26 Å². The van der Waals surface area contributed by atoms with E-state index in [2.05, 4.69) is 0 Å². The van der Waals surface area contributed by atoms with Gasteiger partial charge in [-0.15, -0.1) is 24.2 Å². The first-order valence-electron chi connectivity index (χ1n) is 1.36. The Kier molecular flexibility index (Phi) is 8.48. The quantitative estimate of drug-likeness (QED) is 0.387. The summed E-state index contributed by atoms with van der Waals surface area (Å²) in [6, 6.07) is 0. The van der Waals surface area contributed by atoms with Crippen LogP contribution < -0.4 is 0 Å². The predicted molar refractivity (Wildman–Crippen MR) is 34.2 cm³/mol. The van der Waals surface area contributed by atoms with Gasteiger partial charge in [-0.2, -0.15) is 0 Å². The number of hydrogen-bond donors (Lipinski definition) is 1. The fourth-order valence-electron chi connectivity index (χ4n) is 0. The van der Waals surface area contributed by atoms with Crippen LogP contribution in [0.5, 0.6) is 0 Å². The predicted octanol–water partition coefficient (Wildman–Crippen LogP) is 1.77. The van der Waals surface area contributed by atoms with Crippen LogP contribution in [-0.2, 0) is 0 Å². The first kappa shape index (κ1) is 9.58. The third-order valence-electron chi connectivity index (χ3n) is 0.306. The summed E-state index contributed by atoms with van der Waals surface area (Å²) < 4.78 is 0. The Balaban J connectivity index is 0. The van der Waals surface area contributed by atoms with Gasteiger partial charge < -0.3 is 0 Å². The zero-order valence-electron chi connectivity index (χ0n) is 3.82. The van der Waals surface area contributed by atoms with E-state index in [4.69, 9.17) is 5.41 Å². The average molecular weight is 126 g/mol. The molecule has 0 fully saturated rings. The fraction of sp³-hybridized carbons (Fsp3) is 0.667. The van der Waals surface area contributed by atoms with Crippen molar-refractivity contribution in [1.29, 1.82) is 5.41 Å². The summed E-state index contributed by atoms with van der Waals surface area (Å²) in [4.78, 5) is 0. The van der Waals surface area contributed by atoms with Gasteiger partial charge in [0.15, 0.2) is 0 Å². The molecule has 38 valence electrons. The minimum atomic E-state index is 0. The molecule has 0 spiro atoms. The molecule has 0 aliphatic carbocycles. The maximum atomic E-state index is 6.71. The molecule has 0 amide bonds. The molecular formula is C3H8ClNS. The average Bonchev–Trinajstić information content (AvgIpc) is 1.38. The number of rotatable bonds is 0. The number of halogens is 1. The number of nitrogens with one attached hydrogen (secondary N) is 1. The highest BCUT2D eigenvalue weighted by atomic mass is 35.5. The summed E-state index contributed by atoms with van der Waals surface area (Å²) in [7, 11) is 0. The molecule has 3 heteroatoms. The highest BCUT2D eigenvalue weighted by Crippen LogP contribution is 1.89. The highest BCUT2D eigenvalue weighted by Gasteiger charge is 1.70. The standard InChI is InChI=1S/C3H7NS.ClH/c1-3(4)5-2;/h4H,1-2H3;1H. The van der Waals surface area contributed by atoms with Crippen LogP contribution in [0.25, 0.3) is 0 Å². The molecule has 0 radical (unpaired) electrons. The Morgan fingerprint density at radius 1 is 1.67 bits per heavy atom. The molecule has 0 unspecified atom stereocenters. The van der Waals surface area contributed by atoms with E-state index in [0.29, 0.717) is 5.04 Å². The maximum Gasteiger partial charge on any atom is 0.0607 e. The topological polar surface area (TPSA) is 23.9 Å². The van der Waals surface area contributed by atoms with Gasteiger partial charge in [-0.05, 0) is 13.2 Å². The van der Waals surface area contributed by atoms with Crippen molar-refractivity contribution in [3.05, 3.63) is 0 Å². The second kappa shape index (κ2) is 5.31. The molecule has 0 aliphatic heterocycles. The molecule has 0 rings (SSSR count). The summed E-state index contributed by atoms with van der Waals surface area (Å²) in [5.41, 5.74) is 0. The van der Waals surface area contributed by atoms with E-state index < -0.39 is 0 Å².